The van der Waals surface area contributed by atoms with E-state index in [1.165, 1.54) is 6.92 Å². The number of thiazole rings is 1. The molecule has 0 fully saturated rings. The van der Waals surface area contributed by atoms with Crippen molar-refractivity contribution in [3.05, 3.63) is 50.4 Å². The molecule has 0 saturated heterocycles. The van der Waals surface area contributed by atoms with E-state index in [1.807, 2.05) is 0 Å². The highest BCUT2D eigenvalue weighted by Crippen LogP contribution is 2.37. The first-order valence-electron chi connectivity index (χ1n) is 7.05. The summed E-state index contributed by atoms with van der Waals surface area (Å²) in [6.07, 6.45) is -10.0. The zero-order chi connectivity index (χ0) is 19.4. The van der Waals surface area contributed by atoms with Crippen LogP contribution < -0.4 is 5.56 Å². The monoisotopic (exact) mass is 393 g/mol. The average Bonchev–Trinajstić information content (AvgIpc) is 2.91. The molecule has 4 nitrogen and oxygen atoms in total. The van der Waals surface area contributed by atoms with Gasteiger partial charge in [0.1, 0.15) is 0 Å². The lowest BCUT2D eigenvalue weighted by Gasteiger charge is -2.15. The standard InChI is InChI=1S/C15H9F6N3OS/c1-6-12-11(22-7(2)26-12)13(25)24(23-6)10-4-8(14(16,17)18)3-9(5-10)15(19,20)21/h3-5H,1-2H3. The number of alkyl halides is 6. The number of aromatic nitrogens is 3. The summed E-state index contributed by atoms with van der Waals surface area (Å²) in [5, 5.41) is 4.40. The minimum Gasteiger partial charge on any atom is -0.265 e. The van der Waals surface area contributed by atoms with E-state index < -0.39 is 34.7 Å². The summed E-state index contributed by atoms with van der Waals surface area (Å²) in [6.45, 7) is 3.12. The highest BCUT2D eigenvalue weighted by atomic mass is 32.1. The smallest absolute Gasteiger partial charge is 0.265 e. The quantitative estimate of drug-likeness (QED) is 0.572. The molecule has 3 aromatic rings. The summed E-state index contributed by atoms with van der Waals surface area (Å²) in [4.78, 5) is 16.5. The Balaban J connectivity index is 2.35. The summed E-state index contributed by atoms with van der Waals surface area (Å²) in [5.74, 6) is 0. The number of hydrogen-bond donors (Lipinski definition) is 0. The van der Waals surface area contributed by atoms with Crippen LogP contribution in [-0.2, 0) is 12.4 Å². The molecule has 138 valence electrons. The second-order valence-corrected chi connectivity index (χ2v) is 6.68. The van der Waals surface area contributed by atoms with Crippen molar-refractivity contribution in [2.24, 2.45) is 0 Å². The maximum Gasteiger partial charge on any atom is 0.416 e. The summed E-state index contributed by atoms with van der Waals surface area (Å²) in [6, 6.07) is 0.898. The van der Waals surface area contributed by atoms with Gasteiger partial charge in [0, 0.05) is 0 Å². The molecule has 0 unspecified atom stereocenters. The normalized spacial score (nSPS) is 12.8. The van der Waals surface area contributed by atoms with Gasteiger partial charge in [-0.05, 0) is 32.0 Å². The molecule has 0 bridgehead atoms. The number of hydrogen-bond acceptors (Lipinski definition) is 4. The maximum absolute atomic E-state index is 13.0. The molecule has 1 aromatic carbocycles. The lowest BCUT2D eigenvalue weighted by Crippen LogP contribution is -2.23. The van der Waals surface area contributed by atoms with Gasteiger partial charge in [-0.3, -0.25) is 4.79 Å². The van der Waals surface area contributed by atoms with E-state index in [4.69, 9.17) is 0 Å². The van der Waals surface area contributed by atoms with Gasteiger partial charge < -0.3 is 0 Å². The van der Waals surface area contributed by atoms with Crippen molar-refractivity contribution in [2.45, 2.75) is 26.2 Å². The van der Waals surface area contributed by atoms with Crippen LogP contribution in [0.5, 0.6) is 0 Å². The number of halogens is 6. The fourth-order valence-corrected chi connectivity index (χ4v) is 3.24. The lowest BCUT2D eigenvalue weighted by atomic mass is 10.1. The third kappa shape index (κ3) is 3.18. The van der Waals surface area contributed by atoms with Gasteiger partial charge in [0.2, 0.25) is 0 Å². The lowest BCUT2D eigenvalue weighted by molar-refractivity contribution is -0.143. The van der Waals surface area contributed by atoms with Crippen molar-refractivity contribution in [1.29, 1.82) is 0 Å². The third-order valence-corrected chi connectivity index (χ3v) is 4.60. The highest BCUT2D eigenvalue weighted by Gasteiger charge is 2.37. The summed E-state index contributed by atoms with van der Waals surface area (Å²) in [5.41, 5.74) is -4.34. The largest absolute Gasteiger partial charge is 0.416 e. The van der Waals surface area contributed by atoms with Crippen molar-refractivity contribution < 1.29 is 26.3 Å². The number of aryl methyl sites for hydroxylation is 2. The van der Waals surface area contributed by atoms with E-state index in [0.717, 1.165) is 11.3 Å². The van der Waals surface area contributed by atoms with Gasteiger partial charge in [-0.1, -0.05) is 0 Å². The van der Waals surface area contributed by atoms with E-state index in [2.05, 4.69) is 10.1 Å². The molecule has 2 heterocycles. The van der Waals surface area contributed by atoms with Crippen molar-refractivity contribution in [3.63, 3.8) is 0 Å². The van der Waals surface area contributed by atoms with Crippen LogP contribution in [0.3, 0.4) is 0 Å². The van der Waals surface area contributed by atoms with Crippen LogP contribution in [0.15, 0.2) is 23.0 Å². The molecule has 0 radical (unpaired) electrons. The molecule has 11 heteroatoms. The fourth-order valence-electron chi connectivity index (χ4n) is 2.39. The Morgan fingerprint density at radius 1 is 0.962 bits per heavy atom. The van der Waals surface area contributed by atoms with E-state index in [9.17, 15) is 31.1 Å². The molecule has 26 heavy (non-hydrogen) atoms. The Morgan fingerprint density at radius 3 is 2.00 bits per heavy atom. The van der Waals surface area contributed by atoms with Crippen LogP contribution in [0.4, 0.5) is 26.3 Å². The molecule has 0 N–H and O–H groups in total. The van der Waals surface area contributed by atoms with Gasteiger partial charge in [-0.15, -0.1) is 11.3 Å². The predicted molar refractivity (Wildman–Crippen MR) is 82.5 cm³/mol. The zero-order valence-electron chi connectivity index (χ0n) is 13.2. The topological polar surface area (TPSA) is 47.8 Å². The molecule has 0 aliphatic carbocycles. The van der Waals surface area contributed by atoms with Crippen LogP contribution in [0.25, 0.3) is 15.9 Å². The summed E-state index contributed by atoms with van der Waals surface area (Å²) < 4.78 is 79.0. The van der Waals surface area contributed by atoms with Crippen molar-refractivity contribution in [1.82, 2.24) is 14.8 Å². The zero-order valence-corrected chi connectivity index (χ0v) is 14.0. The second-order valence-electron chi connectivity index (χ2n) is 5.48. The van der Waals surface area contributed by atoms with Gasteiger partial charge >= 0.3 is 12.4 Å². The molecule has 0 saturated carbocycles. The van der Waals surface area contributed by atoms with Crippen molar-refractivity contribution >= 4 is 21.6 Å². The van der Waals surface area contributed by atoms with E-state index in [0.29, 0.717) is 26.5 Å². The Kier molecular flexibility index (Phi) is 4.09. The van der Waals surface area contributed by atoms with Crippen LogP contribution in [-0.4, -0.2) is 14.8 Å². The van der Waals surface area contributed by atoms with E-state index in [-0.39, 0.29) is 17.3 Å². The second kappa shape index (κ2) is 5.79. The van der Waals surface area contributed by atoms with Crippen LogP contribution in [0, 0.1) is 13.8 Å². The fraction of sp³-hybridized carbons (Fsp3) is 0.267. The molecule has 3 rings (SSSR count). The summed E-state index contributed by atoms with van der Waals surface area (Å²) >= 11 is 1.16. The Bertz CT molecular complexity index is 1030. The number of benzene rings is 1. The van der Waals surface area contributed by atoms with Crippen LogP contribution in [0.1, 0.15) is 21.8 Å². The molecule has 0 amide bonds. The Hall–Kier alpha value is -2.43. The Labute approximate surface area is 145 Å². The van der Waals surface area contributed by atoms with Crippen LogP contribution in [0.2, 0.25) is 0 Å². The van der Waals surface area contributed by atoms with E-state index in [1.54, 1.807) is 6.92 Å². The van der Waals surface area contributed by atoms with Crippen molar-refractivity contribution in [3.8, 4) is 5.69 Å². The van der Waals surface area contributed by atoms with Gasteiger partial charge in [0.15, 0.2) is 5.52 Å². The number of nitrogens with zero attached hydrogens (tertiary/aromatic N) is 3. The number of rotatable bonds is 1. The minimum absolute atomic E-state index is 0.00703. The average molecular weight is 393 g/mol. The molecular weight excluding hydrogens is 384 g/mol. The third-order valence-electron chi connectivity index (χ3n) is 3.52. The minimum atomic E-state index is -5.02. The van der Waals surface area contributed by atoms with Gasteiger partial charge in [0.05, 0.1) is 32.2 Å². The van der Waals surface area contributed by atoms with Gasteiger partial charge in [-0.25, -0.2) is 4.98 Å². The Morgan fingerprint density at radius 2 is 1.50 bits per heavy atom. The van der Waals surface area contributed by atoms with Gasteiger partial charge in [-0.2, -0.15) is 36.1 Å². The summed E-state index contributed by atoms with van der Waals surface area (Å²) in [7, 11) is 0. The first-order valence-corrected chi connectivity index (χ1v) is 7.86. The molecular formula is C15H9F6N3OS. The van der Waals surface area contributed by atoms with Gasteiger partial charge in [0.25, 0.3) is 5.56 Å². The van der Waals surface area contributed by atoms with E-state index >= 15 is 0 Å². The molecule has 0 atom stereocenters. The first-order chi connectivity index (χ1) is 11.9. The molecule has 0 spiro atoms. The van der Waals surface area contributed by atoms with Crippen LogP contribution >= 0.6 is 11.3 Å². The molecule has 0 aliphatic heterocycles. The SMILES string of the molecule is Cc1nc2c(=O)n(-c3cc(C(F)(F)F)cc(C(F)(F)F)c3)nc(C)c2s1. The molecule has 0 aliphatic rings. The van der Waals surface area contributed by atoms with Crippen molar-refractivity contribution in [2.75, 3.05) is 0 Å². The first kappa shape index (κ1) is 18.4. The predicted octanol–water partition coefficient (Wildman–Crippen LogP) is 4.50. The highest BCUT2D eigenvalue weighted by molar-refractivity contribution is 7.18. The molecule has 2 aromatic heterocycles. The number of fused-ring (bicyclic) bond motifs is 1. The maximum atomic E-state index is 13.0.